The van der Waals surface area contributed by atoms with Gasteiger partial charge in [-0.25, -0.2) is 4.98 Å². The van der Waals surface area contributed by atoms with Gasteiger partial charge < -0.3 is 0 Å². The van der Waals surface area contributed by atoms with Crippen LogP contribution in [0, 0.1) is 5.92 Å². The molecular weight excluding hydrogens is 300 g/mol. The lowest BCUT2D eigenvalue weighted by Gasteiger charge is -2.24. The largest absolute Gasteiger partial charge is 0.299 e. The van der Waals surface area contributed by atoms with Crippen LogP contribution in [-0.2, 0) is 12.4 Å². The topological polar surface area (TPSA) is 16.1 Å². The van der Waals surface area contributed by atoms with Crippen molar-refractivity contribution in [1.29, 1.82) is 0 Å². The van der Waals surface area contributed by atoms with Crippen LogP contribution in [0.1, 0.15) is 31.0 Å². The minimum Gasteiger partial charge on any atom is -0.299 e. The third-order valence-corrected chi connectivity index (χ3v) is 5.54. The van der Waals surface area contributed by atoms with Crippen LogP contribution >= 0.6 is 22.9 Å². The molecule has 112 valence electrons. The number of nitrogens with zero attached hydrogens (tertiary/aromatic N) is 2. The van der Waals surface area contributed by atoms with Gasteiger partial charge in [0.2, 0.25) is 0 Å². The van der Waals surface area contributed by atoms with Crippen LogP contribution in [0.25, 0.3) is 10.6 Å². The van der Waals surface area contributed by atoms with Gasteiger partial charge in [0.15, 0.2) is 0 Å². The summed E-state index contributed by atoms with van der Waals surface area (Å²) >= 11 is 7.47. The normalized spacial score (nSPS) is 16.4. The van der Waals surface area contributed by atoms with Crippen molar-refractivity contribution in [2.45, 2.75) is 38.2 Å². The van der Waals surface area contributed by atoms with Gasteiger partial charge in [-0.05, 0) is 38.3 Å². The van der Waals surface area contributed by atoms with Gasteiger partial charge in [0.1, 0.15) is 5.01 Å². The van der Waals surface area contributed by atoms with Gasteiger partial charge in [0.05, 0.1) is 11.6 Å². The molecule has 0 aliphatic heterocycles. The molecule has 3 rings (SSSR count). The Labute approximate surface area is 135 Å². The monoisotopic (exact) mass is 320 g/mol. The zero-order valence-corrected chi connectivity index (χ0v) is 14.1. The maximum absolute atomic E-state index is 5.81. The van der Waals surface area contributed by atoms with Gasteiger partial charge in [-0.3, -0.25) is 4.90 Å². The Morgan fingerprint density at radius 2 is 2.05 bits per heavy atom. The summed E-state index contributed by atoms with van der Waals surface area (Å²) in [6, 6.07) is 9.46. The van der Waals surface area contributed by atoms with Crippen molar-refractivity contribution in [1.82, 2.24) is 9.88 Å². The molecule has 0 amide bonds. The molecule has 2 aromatic rings. The summed E-state index contributed by atoms with van der Waals surface area (Å²) in [5, 5.41) is 3.08. The second kappa shape index (κ2) is 6.47. The molecule has 1 unspecified atom stereocenters. The highest BCUT2D eigenvalue weighted by molar-refractivity contribution is 7.13. The second-order valence-corrected chi connectivity index (χ2v) is 7.09. The second-order valence-electron chi connectivity index (χ2n) is 5.97. The molecule has 1 aromatic heterocycles. The lowest BCUT2D eigenvalue weighted by Crippen LogP contribution is -2.30. The lowest BCUT2D eigenvalue weighted by atomic mass is 10.1. The third-order valence-electron chi connectivity index (χ3n) is 4.32. The zero-order chi connectivity index (χ0) is 14.8. The fourth-order valence-electron chi connectivity index (χ4n) is 2.62. The summed E-state index contributed by atoms with van der Waals surface area (Å²) in [4.78, 5) is 6.99. The summed E-state index contributed by atoms with van der Waals surface area (Å²) in [7, 11) is 2.23. The van der Waals surface area contributed by atoms with E-state index in [1.807, 2.05) is 5.38 Å². The highest BCUT2D eigenvalue weighted by atomic mass is 35.5. The van der Waals surface area contributed by atoms with Gasteiger partial charge in [0.25, 0.3) is 0 Å². The van der Waals surface area contributed by atoms with Gasteiger partial charge in [-0.1, -0.05) is 24.3 Å². The Bertz CT molecular complexity index is 589. The average molecular weight is 321 g/mol. The summed E-state index contributed by atoms with van der Waals surface area (Å²) in [5.41, 5.74) is 3.50. The molecule has 1 saturated carbocycles. The van der Waals surface area contributed by atoms with E-state index in [-0.39, 0.29) is 0 Å². The molecule has 0 saturated heterocycles. The number of benzene rings is 1. The molecular formula is C17H21ClN2S. The summed E-state index contributed by atoms with van der Waals surface area (Å²) in [6.45, 7) is 3.36. The smallest absolute Gasteiger partial charge is 0.123 e. The highest BCUT2D eigenvalue weighted by Gasteiger charge is 2.30. The SMILES string of the molecule is CC(C1CC1)N(C)Cc1ccc(-c2nc(CCl)cs2)cc1. The van der Waals surface area contributed by atoms with Crippen LogP contribution in [0.3, 0.4) is 0 Å². The summed E-state index contributed by atoms with van der Waals surface area (Å²) in [5.74, 6) is 1.40. The van der Waals surface area contributed by atoms with Crippen molar-refractivity contribution in [3.8, 4) is 10.6 Å². The molecule has 1 aliphatic carbocycles. The minimum absolute atomic E-state index is 0.485. The Morgan fingerprint density at radius 1 is 1.33 bits per heavy atom. The number of hydrogen-bond acceptors (Lipinski definition) is 3. The predicted molar refractivity (Wildman–Crippen MR) is 90.8 cm³/mol. The molecule has 1 aromatic carbocycles. The van der Waals surface area contributed by atoms with E-state index in [4.69, 9.17) is 11.6 Å². The molecule has 1 aliphatic rings. The zero-order valence-electron chi connectivity index (χ0n) is 12.6. The molecule has 0 radical (unpaired) electrons. The Balaban J connectivity index is 1.65. The third kappa shape index (κ3) is 3.65. The van der Waals surface area contributed by atoms with E-state index in [2.05, 4.69) is 48.1 Å². The molecule has 2 nitrogen and oxygen atoms in total. The number of thiazole rings is 1. The maximum atomic E-state index is 5.81. The van der Waals surface area contributed by atoms with Crippen molar-refractivity contribution in [3.05, 3.63) is 40.9 Å². The number of rotatable bonds is 6. The minimum atomic E-state index is 0.485. The van der Waals surface area contributed by atoms with E-state index in [1.165, 1.54) is 24.0 Å². The summed E-state index contributed by atoms with van der Waals surface area (Å²) in [6.07, 6.45) is 2.80. The molecule has 0 bridgehead atoms. The van der Waals surface area contributed by atoms with Gasteiger partial charge in [0, 0.05) is 23.5 Å². The van der Waals surface area contributed by atoms with Crippen LogP contribution < -0.4 is 0 Å². The van der Waals surface area contributed by atoms with E-state index in [0.29, 0.717) is 11.9 Å². The van der Waals surface area contributed by atoms with Crippen LogP contribution in [-0.4, -0.2) is 23.0 Å². The molecule has 1 atom stereocenters. The quantitative estimate of drug-likeness (QED) is 0.712. The van der Waals surface area contributed by atoms with Gasteiger partial charge in [-0.2, -0.15) is 0 Å². The van der Waals surface area contributed by atoms with Crippen molar-refractivity contribution < 1.29 is 0 Å². The van der Waals surface area contributed by atoms with E-state index in [1.54, 1.807) is 11.3 Å². The fraction of sp³-hybridized carbons (Fsp3) is 0.471. The molecule has 1 fully saturated rings. The maximum Gasteiger partial charge on any atom is 0.123 e. The van der Waals surface area contributed by atoms with E-state index >= 15 is 0 Å². The van der Waals surface area contributed by atoms with E-state index in [9.17, 15) is 0 Å². The standard InChI is InChI=1S/C17H21ClN2S/c1-12(14-7-8-14)20(2)10-13-3-5-15(6-4-13)17-19-16(9-18)11-21-17/h3-6,11-12,14H,7-10H2,1-2H3. The van der Waals surface area contributed by atoms with E-state index < -0.39 is 0 Å². The molecule has 4 heteroatoms. The van der Waals surface area contributed by atoms with Crippen LogP contribution in [0.2, 0.25) is 0 Å². The van der Waals surface area contributed by atoms with Gasteiger partial charge in [-0.15, -0.1) is 22.9 Å². The number of hydrogen-bond donors (Lipinski definition) is 0. The number of aromatic nitrogens is 1. The first-order chi connectivity index (χ1) is 10.2. The van der Waals surface area contributed by atoms with E-state index in [0.717, 1.165) is 23.2 Å². The van der Waals surface area contributed by atoms with Crippen molar-refractivity contribution in [2.24, 2.45) is 5.92 Å². The Morgan fingerprint density at radius 3 is 2.62 bits per heavy atom. The Hall–Kier alpha value is -0.900. The van der Waals surface area contributed by atoms with Crippen LogP contribution in [0.5, 0.6) is 0 Å². The fourth-order valence-corrected chi connectivity index (χ4v) is 3.68. The first-order valence-electron chi connectivity index (χ1n) is 7.47. The average Bonchev–Trinajstić information content (AvgIpc) is 3.24. The van der Waals surface area contributed by atoms with Crippen molar-refractivity contribution in [2.75, 3.05) is 7.05 Å². The summed E-state index contributed by atoms with van der Waals surface area (Å²) < 4.78 is 0. The molecule has 0 spiro atoms. The highest BCUT2D eigenvalue weighted by Crippen LogP contribution is 2.35. The molecule has 0 N–H and O–H groups in total. The molecule has 21 heavy (non-hydrogen) atoms. The number of alkyl halides is 1. The van der Waals surface area contributed by atoms with Crippen molar-refractivity contribution in [3.63, 3.8) is 0 Å². The molecule has 1 heterocycles. The predicted octanol–water partition coefficient (Wildman–Crippen LogP) is 4.78. The van der Waals surface area contributed by atoms with Gasteiger partial charge >= 0.3 is 0 Å². The Kier molecular flexibility index (Phi) is 4.63. The van der Waals surface area contributed by atoms with Crippen LogP contribution in [0.15, 0.2) is 29.6 Å². The number of halogens is 1. The van der Waals surface area contributed by atoms with Crippen molar-refractivity contribution >= 4 is 22.9 Å². The van der Waals surface area contributed by atoms with Crippen LogP contribution in [0.4, 0.5) is 0 Å². The first-order valence-corrected chi connectivity index (χ1v) is 8.88. The lowest BCUT2D eigenvalue weighted by molar-refractivity contribution is 0.226. The first kappa shape index (κ1) is 15.0.